The van der Waals surface area contributed by atoms with Crippen molar-refractivity contribution in [3.05, 3.63) is 157 Å². The van der Waals surface area contributed by atoms with Gasteiger partial charge in [-0.3, -0.25) is 4.57 Å². The van der Waals surface area contributed by atoms with Gasteiger partial charge >= 0.3 is 0 Å². The molecule has 0 spiro atoms. The Morgan fingerprint density at radius 3 is 2.17 bits per heavy atom. The Kier molecular flexibility index (Phi) is 5.60. The van der Waals surface area contributed by atoms with Gasteiger partial charge in [-0.25, -0.2) is 0 Å². The number of hydrogen-bond donors (Lipinski definition) is 0. The fourth-order valence-electron chi connectivity index (χ4n) is 7.12. The molecule has 0 aliphatic heterocycles. The van der Waals surface area contributed by atoms with Gasteiger partial charge in [0, 0.05) is 43.6 Å². The van der Waals surface area contributed by atoms with Gasteiger partial charge in [-0.05, 0) is 83.6 Å². The first kappa shape index (κ1) is 26.3. The standard InChI is InChI=1S/C42H25ClN2O2/c43-28-18-22-39-35(24-28)40-34-21-20-31(25-37(34)45(42(40)47-39)29-11-2-1-3-12-29)44(30-19-17-26-9-4-5-10-27(26)23-30)36-15-8-14-33-32-13-6-7-16-38(32)46-41(33)36/h1-25H. The highest BCUT2D eigenvalue weighted by atomic mass is 35.5. The Balaban J connectivity index is 1.30. The second kappa shape index (κ2) is 10.0. The number of anilines is 3. The average molecular weight is 625 g/mol. The smallest absolute Gasteiger partial charge is 0.213 e. The highest BCUT2D eigenvalue weighted by Crippen LogP contribution is 2.46. The lowest BCUT2D eigenvalue weighted by Gasteiger charge is -2.26. The first-order valence-electron chi connectivity index (χ1n) is 15.6. The van der Waals surface area contributed by atoms with E-state index in [4.69, 9.17) is 20.4 Å². The summed E-state index contributed by atoms with van der Waals surface area (Å²) >= 11 is 6.51. The first-order chi connectivity index (χ1) is 23.2. The van der Waals surface area contributed by atoms with E-state index in [-0.39, 0.29) is 0 Å². The summed E-state index contributed by atoms with van der Waals surface area (Å²) in [5.41, 5.74) is 8.37. The summed E-state index contributed by atoms with van der Waals surface area (Å²) in [5.74, 6) is 0. The van der Waals surface area contributed by atoms with Crippen LogP contribution in [0.4, 0.5) is 17.1 Å². The molecular weight excluding hydrogens is 600 g/mol. The normalized spacial score (nSPS) is 11.9. The molecule has 222 valence electrons. The molecule has 0 radical (unpaired) electrons. The van der Waals surface area contributed by atoms with Crippen molar-refractivity contribution in [1.29, 1.82) is 0 Å². The lowest BCUT2D eigenvalue weighted by atomic mass is 10.1. The average Bonchev–Trinajstić information content (AvgIpc) is 3.77. The van der Waals surface area contributed by atoms with E-state index in [2.05, 4.69) is 125 Å². The summed E-state index contributed by atoms with van der Waals surface area (Å²) in [6.45, 7) is 0. The molecule has 0 fully saturated rings. The summed E-state index contributed by atoms with van der Waals surface area (Å²) < 4.78 is 15.4. The van der Waals surface area contributed by atoms with Gasteiger partial charge in [-0.1, -0.05) is 90.5 Å². The van der Waals surface area contributed by atoms with Crippen LogP contribution in [0.1, 0.15) is 0 Å². The summed E-state index contributed by atoms with van der Waals surface area (Å²) in [4.78, 5) is 2.30. The van der Waals surface area contributed by atoms with Crippen LogP contribution in [0.5, 0.6) is 0 Å². The second-order valence-corrected chi connectivity index (χ2v) is 12.4. The maximum absolute atomic E-state index is 6.60. The Bertz CT molecular complexity index is 2820. The molecule has 5 heteroatoms. The van der Waals surface area contributed by atoms with Crippen molar-refractivity contribution < 1.29 is 8.83 Å². The minimum Gasteiger partial charge on any atom is -0.454 e. The van der Waals surface area contributed by atoms with Crippen molar-refractivity contribution in [1.82, 2.24) is 4.57 Å². The van der Waals surface area contributed by atoms with E-state index in [0.717, 1.165) is 77.7 Å². The quantitative estimate of drug-likeness (QED) is 0.195. The van der Waals surface area contributed by atoms with Crippen LogP contribution < -0.4 is 4.90 Å². The number of nitrogens with zero attached hydrogens (tertiary/aromatic N) is 2. The van der Waals surface area contributed by atoms with Gasteiger partial charge in [0.1, 0.15) is 11.2 Å². The lowest BCUT2D eigenvalue weighted by molar-refractivity contribution is 0.645. The summed E-state index contributed by atoms with van der Waals surface area (Å²) in [6, 6.07) is 52.5. The molecule has 0 amide bonds. The molecule has 0 saturated heterocycles. The monoisotopic (exact) mass is 624 g/mol. The molecule has 10 rings (SSSR count). The van der Waals surface area contributed by atoms with Crippen LogP contribution in [0.2, 0.25) is 5.02 Å². The Hall–Kier alpha value is -5.97. The van der Waals surface area contributed by atoms with Gasteiger partial charge in [-0.15, -0.1) is 0 Å². The third kappa shape index (κ3) is 3.95. The number of aromatic nitrogens is 1. The Morgan fingerprint density at radius 2 is 1.26 bits per heavy atom. The third-order valence-electron chi connectivity index (χ3n) is 9.21. The molecule has 0 saturated carbocycles. The van der Waals surface area contributed by atoms with Crippen molar-refractivity contribution in [2.75, 3.05) is 4.90 Å². The van der Waals surface area contributed by atoms with Gasteiger partial charge < -0.3 is 13.7 Å². The number of rotatable bonds is 4. The highest BCUT2D eigenvalue weighted by molar-refractivity contribution is 6.32. The van der Waals surface area contributed by atoms with Crippen molar-refractivity contribution in [3.8, 4) is 5.69 Å². The van der Waals surface area contributed by atoms with E-state index in [0.29, 0.717) is 5.02 Å². The molecule has 3 heterocycles. The van der Waals surface area contributed by atoms with Gasteiger partial charge in [0.2, 0.25) is 5.71 Å². The predicted molar refractivity (Wildman–Crippen MR) is 195 cm³/mol. The van der Waals surface area contributed by atoms with Gasteiger partial charge in [0.05, 0.1) is 16.6 Å². The van der Waals surface area contributed by atoms with E-state index in [9.17, 15) is 0 Å². The molecule has 0 aliphatic carbocycles. The van der Waals surface area contributed by atoms with Crippen LogP contribution in [0.25, 0.3) is 71.4 Å². The van der Waals surface area contributed by atoms with E-state index in [1.54, 1.807) is 0 Å². The highest BCUT2D eigenvalue weighted by Gasteiger charge is 2.24. The van der Waals surface area contributed by atoms with Crippen LogP contribution in [-0.4, -0.2) is 4.57 Å². The molecular formula is C42H25ClN2O2. The lowest BCUT2D eigenvalue weighted by Crippen LogP contribution is -2.10. The van der Waals surface area contributed by atoms with E-state index in [1.807, 2.05) is 36.4 Å². The fourth-order valence-corrected chi connectivity index (χ4v) is 7.30. The van der Waals surface area contributed by atoms with E-state index in [1.165, 1.54) is 10.8 Å². The van der Waals surface area contributed by atoms with Gasteiger partial charge in [0.25, 0.3) is 0 Å². The number of hydrogen-bond acceptors (Lipinski definition) is 3. The van der Waals surface area contributed by atoms with Crippen LogP contribution in [-0.2, 0) is 0 Å². The maximum atomic E-state index is 6.60. The maximum Gasteiger partial charge on any atom is 0.213 e. The van der Waals surface area contributed by atoms with Crippen molar-refractivity contribution in [2.45, 2.75) is 0 Å². The molecule has 47 heavy (non-hydrogen) atoms. The Labute approximate surface area is 274 Å². The van der Waals surface area contributed by atoms with Gasteiger partial charge in [0.15, 0.2) is 5.58 Å². The molecule has 10 aromatic rings. The molecule has 3 aromatic heterocycles. The molecule has 4 nitrogen and oxygen atoms in total. The van der Waals surface area contributed by atoms with Crippen LogP contribution >= 0.6 is 11.6 Å². The number of furan rings is 2. The fraction of sp³-hybridized carbons (Fsp3) is 0. The Morgan fingerprint density at radius 1 is 0.511 bits per heavy atom. The molecule has 0 bridgehead atoms. The zero-order valence-corrected chi connectivity index (χ0v) is 25.8. The number of halogens is 1. The summed E-state index contributed by atoms with van der Waals surface area (Å²) in [5, 5.41) is 8.36. The second-order valence-electron chi connectivity index (χ2n) is 11.9. The van der Waals surface area contributed by atoms with E-state index >= 15 is 0 Å². The van der Waals surface area contributed by atoms with E-state index < -0.39 is 0 Å². The van der Waals surface area contributed by atoms with Crippen LogP contribution in [0.3, 0.4) is 0 Å². The molecule has 7 aromatic carbocycles. The predicted octanol–water partition coefficient (Wildman–Crippen LogP) is 12.7. The minimum atomic E-state index is 0.679. The molecule has 0 aliphatic rings. The van der Waals surface area contributed by atoms with Gasteiger partial charge in [-0.2, -0.15) is 0 Å². The first-order valence-corrected chi connectivity index (χ1v) is 16.0. The number of fused-ring (bicyclic) bond motifs is 9. The largest absolute Gasteiger partial charge is 0.454 e. The van der Waals surface area contributed by atoms with Crippen molar-refractivity contribution in [3.63, 3.8) is 0 Å². The van der Waals surface area contributed by atoms with Crippen LogP contribution in [0, 0.1) is 0 Å². The zero-order chi connectivity index (χ0) is 31.1. The zero-order valence-electron chi connectivity index (χ0n) is 25.0. The van der Waals surface area contributed by atoms with Crippen molar-refractivity contribution in [2.24, 2.45) is 0 Å². The topological polar surface area (TPSA) is 34.5 Å². The number of benzene rings is 7. The third-order valence-corrected chi connectivity index (χ3v) is 9.45. The molecule has 0 unspecified atom stereocenters. The van der Waals surface area contributed by atoms with Crippen LogP contribution in [0.15, 0.2) is 160 Å². The minimum absolute atomic E-state index is 0.679. The SMILES string of the molecule is Clc1ccc2oc3c(c2c1)c1ccc(N(c2ccc4ccccc4c2)c2cccc4c2oc2ccccc24)cc1n3-c1ccccc1. The molecule has 0 N–H and O–H groups in total. The summed E-state index contributed by atoms with van der Waals surface area (Å²) in [6.07, 6.45) is 0. The number of para-hydroxylation sites is 3. The molecule has 0 atom stereocenters. The van der Waals surface area contributed by atoms with Crippen molar-refractivity contribution >= 4 is 94.3 Å². The summed E-state index contributed by atoms with van der Waals surface area (Å²) in [7, 11) is 0.